The van der Waals surface area contributed by atoms with Gasteiger partial charge in [0.15, 0.2) is 5.16 Å². The van der Waals surface area contributed by atoms with Gasteiger partial charge >= 0.3 is 0 Å². The number of fused-ring (bicyclic) bond motifs is 1. The zero-order valence-corrected chi connectivity index (χ0v) is 27.6. The summed E-state index contributed by atoms with van der Waals surface area (Å²) in [7, 11) is 1.98. The number of aryl methyl sites for hydroxylation is 1. The lowest BCUT2D eigenvalue weighted by Gasteiger charge is -2.27. The van der Waals surface area contributed by atoms with Crippen LogP contribution in [-0.4, -0.2) is 48.4 Å². The summed E-state index contributed by atoms with van der Waals surface area (Å²) in [4.78, 5) is 21.4. The molecule has 1 N–H and O–H groups in total. The van der Waals surface area contributed by atoms with Gasteiger partial charge in [0.25, 0.3) is 5.91 Å². The maximum Gasteiger partial charge on any atom is 0.251 e. The van der Waals surface area contributed by atoms with E-state index in [0.29, 0.717) is 25.6 Å². The van der Waals surface area contributed by atoms with Crippen LogP contribution in [0.3, 0.4) is 0 Å². The van der Waals surface area contributed by atoms with Crippen LogP contribution >= 0.6 is 11.8 Å². The molecule has 1 aliphatic heterocycles. The molecule has 0 radical (unpaired) electrons. The van der Waals surface area contributed by atoms with E-state index in [1.54, 1.807) is 18.0 Å². The lowest BCUT2D eigenvalue weighted by atomic mass is 10.00. The number of ether oxygens (including phenoxy) is 2. The number of imidazole rings is 1. The first-order valence-electron chi connectivity index (χ1n) is 15.9. The third kappa shape index (κ3) is 9.02. The molecular weight excluding hydrogens is 580 g/mol. The fourth-order valence-corrected chi connectivity index (χ4v) is 6.07. The zero-order valence-electron chi connectivity index (χ0n) is 26.8. The summed E-state index contributed by atoms with van der Waals surface area (Å²) in [6, 6.07) is 22.7. The predicted octanol–water partition coefficient (Wildman–Crippen LogP) is 8.32. The number of amides is 1. The van der Waals surface area contributed by atoms with E-state index in [2.05, 4.69) is 72.4 Å². The van der Waals surface area contributed by atoms with Crippen molar-refractivity contribution >= 4 is 35.1 Å². The van der Waals surface area contributed by atoms with Gasteiger partial charge in [0.1, 0.15) is 12.4 Å². The highest BCUT2D eigenvalue weighted by molar-refractivity contribution is 7.99. The highest BCUT2D eigenvalue weighted by atomic mass is 32.2. The molecule has 236 valence electrons. The molecule has 4 aromatic rings. The van der Waals surface area contributed by atoms with Crippen LogP contribution in [0.2, 0.25) is 0 Å². The summed E-state index contributed by atoms with van der Waals surface area (Å²) in [6.45, 7) is 10.3. The van der Waals surface area contributed by atoms with Crippen molar-refractivity contribution in [2.75, 3.05) is 43.1 Å². The predicted molar refractivity (Wildman–Crippen MR) is 185 cm³/mol. The summed E-state index contributed by atoms with van der Waals surface area (Å²) in [6.07, 6.45) is 8.67. The number of nitrogens with zero attached hydrogens (tertiary/aromatic N) is 3. The first kappa shape index (κ1) is 32.4. The molecule has 2 heterocycles. The van der Waals surface area contributed by atoms with E-state index >= 15 is 0 Å². The normalized spacial score (nSPS) is 12.9. The summed E-state index contributed by atoms with van der Waals surface area (Å²) in [5, 5.41) is 4.05. The SMILES string of the molecule is CCCCOCCOc1ccc(-c2ccc3c(c2)C=C(C(=O)Nc2ccc(Sc4nccn4C)cc2)CCN3CC(C)C)cc1. The first-order valence-corrected chi connectivity index (χ1v) is 16.7. The Labute approximate surface area is 271 Å². The monoisotopic (exact) mass is 624 g/mol. The number of hydrogen-bond donors (Lipinski definition) is 1. The number of hydrogen-bond acceptors (Lipinski definition) is 6. The molecule has 0 saturated heterocycles. The average molecular weight is 625 g/mol. The average Bonchev–Trinajstić information content (AvgIpc) is 3.35. The van der Waals surface area contributed by atoms with Crippen LogP contribution in [0.15, 0.2) is 94.7 Å². The number of carbonyl (C=O) groups is 1. The van der Waals surface area contributed by atoms with E-state index in [4.69, 9.17) is 9.47 Å². The molecule has 0 atom stereocenters. The molecule has 0 spiro atoms. The maximum atomic E-state index is 13.6. The summed E-state index contributed by atoms with van der Waals surface area (Å²) in [5.74, 6) is 1.26. The fraction of sp³-hybridized carbons (Fsp3) is 0.351. The smallest absolute Gasteiger partial charge is 0.251 e. The van der Waals surface area contributed by atoms with Gasteiger partial charge in [0.05, 0.1) is 6.61 Å². The summed E-state index contributed by atoms with van der Waals surface area (Å²) in [5.41, 5.74) is 5.97. The number of benzene rings is 3. The molecule has 0 aliphatic carbocycles. The van der Waals surface area contributed by atoms with Gasteiger partial charge in [0.2, 0.25) is 0 Å². The Morgan fingerprint density at radius 2 is 1.78 bits per heavy atom. The largest absolute Gasteiger partial charge is 0.491 e. The lowest BCUT2D eigenvalue weighted by molar-refractivity contribution is -0.112. The third-order valence-electron chi connectivity index (χ3n) is 7.65. The van der Waals surface area contributed by atoms with Crippen LogP contribution in [0, 0.1) is 5.92 Å². The van der Waals surface area contributed by atoms with Crippen LogP contribution in [-0.2, 0) is 16.6 Å². The summed E-state index contributed by atoms with van der Waals surface area (Å²) >= 11 is 1.59. The Balaban J connectivity index is 1.29. The van der Waals surface area contributed by atoms with Crippen LogP contribution in [0.4, 0.5) is 11.4 Å². The Morgan fingerprint density at radius 1 is 1.00 bits per heavy atom. The third-order valence-corrected chi connectivity index (χ3v) is 8.73. The minimum atomic E-state index is -0.0672. The number of rotatable bonds is 14. The lowest BCUT2D eigenvalue weighted by Crippen LogP contribution is -2.29. The first-order chi connectivity index (χ1) is 21.9. The van der Waals surface area contributed by atoms with Crippen molar-refractivity contribution in [1.82, 2.24) is 9.55 Å². The van der Waals surface area contributed by atoms with Gasteiger partial charge in [-0.25, -0.2) is 4.98 Å². The van der Waals surface area contributed by atoms with E-state index in [9.17, 15) is 4.79 Å². The highest BCUT2D eigenvalue weighted by Crippen LogP contribution is 2.34. The summed E-state index contributed by atoms with van der Waals surface area (Å²) < 4.78 is 13.5. The van der Waals surface area contributed by atoms with Crippen LogP contribution < -0.4 is 15.0 Å². The van der Waals surface area contributed by atoms with Crippen molar-refractivity contribution in [1.29, 1.82) is 0 Å². The van der Waals surface area contributed by atoms with Crippen molar-refractivity contribution in [3.8, 4) is 16.9 Å². The Hall–Kier alpha value is -4.01. The number of anilines is 2. The van der Waals surface area contributed by atoms with Gasteiger partial charge in [-0.05, 0) is 90.1 Å². The maximum absolute atomic E-state index is 13.6. The molecule has 5 rings (SSSR count). The fourth-order valence-electron chi connectivity index (χ4n) is 5.27. The van der Waals surface area contributed by atoms with Crippen molar-refractivity contribution in [2.45, 2.75) is 50.1 Å². The quantitative estimate of drug-likeness (QED) is 0.142. The second-order valence-corrected chi connectivity index (χ2v) is 12.8. The van der Waals surface area contributed by atoms with Crippen molar-refractivity contribution in [3.63, 3.8) is 0 Å². The molecule has 0 unspecified atom stereocenters. The van der Waals surface area contributed by atoms with Crippen LogP contribution in [0.1, 0.15) is 45.6 Å². The minimum absolute atomic E-state index is 0.0672. The highest BCUT2D eigenvalue weighted by Gasteiger charge is 2.21. The van der Waals surface area contributed by atoms with Gasteiger partial charge < -0.3 is 24.3 Å². The second kappa shape index (κ2) is 15.8. The van der Waals surface area contributed by atoms with Gasteiger partial charge in [0, 0.05) is 61.0 Å². The molecule has 1 aromatic heterocycles. The Morgan fingerprint density at radius 3 is 2.49 bits per heavy atom. The van der Waals surface area contributed by atoms with Crippen molar-refractivity contribution in [2.24, 2.45) is 13.0 Å². The molecule has 45 heavy (non-hydrogen) atoms. The van der Waals surface area contributed by atoms with Gasteiger partial charge in [-0.2, -0.15) is 0 Å². The molecule has 3 aromatic carbocycles. The van der Waals surface area contributed by atoms with E-state index in [1.165, 1.54) is 0 Å². The van der Waals surface area contributed by atoms with Gasteiger partial charge in [-0.15, -0.1) is 0 Å². The topological polar surface area (TPSA) is 68.6 Å². The molecule has 0 fully saturated rings. The van der Waals surface area contributed by atoms with Crippen molar-refractivity contribution < 1.29 is 14.3 Å². The molecule has 1 aliphatic rings. The van der Waals surface area contributed by atoms with Crippen LogP contribution in [0.25, 0.3) is 17.2 Å². The van der Waals surface area contributed by atoms with Gasteiger partial charge in [-0.1, -0.05) is 57.2 Å². The zero-order chi connectivity index (χ0) is 31.6. The number of aromatic nitrogens is 2. The van der Waals surface area contributed by atoms with E-state index in [-0.39, 0.29) is 5.91 Å². The number of nitrogens with one attached hydrogen (secondary N) is 1. The minimum Gasteiger partial charge on any atom is -0.491 e. The number of carbonyl (C=O) groups excluding carboxylic acids is 1. The van der Waals surface area contributed by atoms with Gasteiger partial charge in [-0.3, -0.25) is 4.79 Å². The Bertz CT molecular complexity index is 1580. The Kier molecular flexibility index (Phi) is 11.4. The molecule has 7 nitrogen and oxygen atoms in total. The van der Waals surface area contributed by atoms with E-state index in [0.717, 1.165) is 82.0 Å². The standard InChI is InChI=1S/C37H44N4O3S/c1-5-6-21-43-22-23-44-33-12-7-28(8-13-33)29-9-16-35-31(24-29)25-30(17-19-41(35)26-27(2)3)36(42)39-32-10-14-34(15-11-32)45-37-38-18-20-40(37)4/h7-16,18,20,24-25,27H,5-6,17,19,21-23,26H2,1-4H3,(H,39,42). The number of unbranched alkanes of at least 4 members (excludes halogenated alkanes) is 1. The molecule has 1 amide bonds. The molecule has 8 heteroatoms. The molecule has 0 bridgehead atoms. The van der Waals surface area contributed by atoms with Crippen LogP contribution in [0.5, 0.6) is 5.75 Å². The van der Waals surface area contributed by atoms with E-state index < -0.39 is 0 Å². The molecular formula is C37H44N4O3S. The second-order valence-electron chi connectivity index (χ2n) is 11.8. The molecule has 0 saturated carbocycles. The van der Waals surface area contributed by atoms with Crippen molar-refractivity contribution in [3.05, 3.63) is 90.3 Å². The van der Waals surface area contributed by atoms with E-state index in [1.807, 2.05) is 54.2 Å².